The first-order chi connectivity index (χ1) is 7.27. The number of hydrogen-bond donors (Lipinski definition) is 1. The van der Waals surface area contributed by atoms with Crippen molar-refractivity contribution in [1.29, 1.82) is 0 Å². The number of allylic oxidation sites excluding steroid dienone is 1. The number of rotatable bonds is 1. The van der Waals surface area contributed by atoms with Crippen LogP contribution in [0.2, 0.25) is 0 Å². The lowest BCUT2D eigenvalue weighted by atomic mass is 10.0. The fourth-order valence-corrected chi connectivity index (χ4v) is 2.12. The van der Waals surface area contributed by atoms with Crippen molar-refractivity contribution in [3.05, 3.63) is 41.6 Å². The lowest BCUT2D eigenvalue weighted by molar-refractivity contribution is 0.0697. The topological polar surface area (TPSA) is 42.2 Å². The number of carbonyl (C=O) groups is 1. The van der Waals surface area contributed by atoms with Gasteiger partial charge < -0.3 is 9.67 Å². The predicted octanol–water partition coefficient (Wildman–Crippen LogP) is 2.37. The van der Waals surface area contributed by atoms with E-state index in [1.165, 1.54) is 0 Å². The summed E-state index contributed by atoms with van der Waals surface area (Å²) in [7, 11) is 0. The van der Waals surface area contributed by atoms with E-state index in [9.17, 15) is 4.79 Å². The SMILES string of the molecule is O=C(O)c1ccc2ccn3c2c1C=CC3. The van der Waals surface area contributed by atoms with Gasteiger partial charge in [0.1, 0.15) is 0 Å². The largest absolute Gasteiger partial charge is 0.478 e. The van der Waals surface area contributed by atoms with Gasteiger partial charge in [-0.3, -0.25) is 0 Å². The second kappa shape index (κ2) is 2.73. The van der Waals surface area contributed by atoms with Crippen molar-refractivity contribution in [2.24, 2.45) is 0 Å². The number of hydrogen-bond acceptors (Lipinski definition) is 1. The Morgan fingerprint density at radius 2 is 2.20 bits per heavy atom. The van der Waals surface area contributed by atoms with Crippen LogP contribution in [0.3, 0.4) is 0 Å². The molecule has 1 aliphatic rings. The molecule has 1 N–H and O–H groups in total. The maximum atomic E-state index is 11.0. The Balaban J connectivity index is 2.47. The van der Waals surface area contributed by atoms with Gasteiger partial charge >= 0.3 is 5.97 Å². The Morgan fingerprint density at radius 1 is 1.33 bits per heavy atom. The normalized spacial score (nSPS) is 13.3. The fraction of sp³-hybridized carbons (Fsp3) is 0.0833. The van der Waals surface area contributed by atoms with Crippen molar-refractivity contribution in [3.8, 4) is 0 Å². The van der Waals surface area contributed by atoms with Gasteiger partial charge in [-0.05, 0) is 12.1 Å². The van der Waals surface area contributed by atoms with Gasteiger partial charge in [0.05, 0.1) is 11.1 Å². The summed E-state index contributed by atoms with van der Waals surface area (Å²) in [5.41, 5.74) is 2.21. The zero-order valence-corrected chi connectivity index (χ0v) is 7.97. The molecule has 0 unspecified atom stereocenters. The van der Waals surface area contributed by atoms with Crippen LogP contribution in [-0.4, -0.2) is 15.6 Å². The molecule has 0 saturated heterocycles. The Bertz CT molecular complexity index is 593. The average molecular weight is 199 g/mol. The summed E-state index contributed by atoms with van der Waals surface area (Å²) < 4.78 is 2.07. The summed E-state index contributed by atoms with van der Waals surface area (Å²) in [6.07, 6.45) is 5.86. The number of aromatic carboxylic acids is 1. The first-order valence-electron chi connectivity index (χ1n) is 4.79. The van der Waals surface area contributed by atoms with Crippen molar-refractivity contribution in [1.82, 2.24) is 4.57 Å². The van der Waals surface area contributed by atoms with E-state index in [0.29, 0.717) is 5.56 Å². The quantitative estimate of drug-likeness (QED) is 0.766. The molecule has 3 nitrogen and oxygen atoms in total. The highest BCUT2D eigenvalue weighted by atomic mass is 16.4. The highest BCUT2D eigenvalue weighted by Crippen LogP contribution is 2.27. The Hall–Kier alpha value is -2.03. The average Bonchev–Trinajstić information content (AvgIpc) is 2.64. The monoisotopic (exact) mass is 199 g/mol. The molecule has 0 fully saturated rings. The summed E-state index contributed by atoms with van der Waals surface area (Å²) >= 11 is 0. The minimum atomic E-state index is -0.869. The van der Waals surface area contributed by atoms with Gasteiger partial charge in [0.15, 0.2) is 0 Å². The summed E-state index contributed by atoms with van der Waals surface area (Å²) in [4.78, 5) is 11.0. The standard InChI is InChI=1S/C12H9NO2/c14-12(15)10-4-3-8-5-7-13-6-1-2-9(10)11(8)13/h1-5,7H,6H2,(H,14,15). The van der Waals surface area contributed by atoms with Crippen LogP contribution in [0.4, 0.5) is 0 Å². The second-order valence-electron chi connectivity index (χ2n) is 3.64. The third kappa shape index (κ3) is 1.03. The summed E-state index contributed by atoms with van der Waals surface area (Å²) in [5.74, 6) is -0.869. The van der Waals surface area contributed by atoms with Crippen LogP contribution in [0.15, 0.2) is 30.5 Å². The number of aromatic nitrogens is 1. The van der Waals surface area contributed by atoms with Gasteiger partial charge in [0.25, 0.3) is 0 Å². The molecule has 0 atom stereocenters. The number of carboxylic acid groups (broad SMARTS) is 1. The molecule has 3 rings (SSSR count). The maximum Gasteiger partial charge on any atom is 0.336 e. The molecule has 2 aromatic rings. The lowest BCUT2D eigenvalue weighted by Gasteiger charge is -2.12. The molecule has 0 radical (unpaired) electrons. The van der Waals surface area contributed by atoms with Gasteiger partial charge in [-0.15, -0.1) is 0 Å². The maximum absolute atomic E-state index is 11.0. The molecule has 3 heteroatoms. The molecule has 1 aromatic carbocycles. The number of carboxylic acids is 1. The van der Waals surface area contributed by atoms with Crippen molar-refractivity contribution in [3.63, 3.8) is 0 Å². The second-order valence-corrected chi connectivity index (χ2v) is 3.64. The van der Waals surface area contributed by atoms with E-state index < -0.39 is 5.97 Å². The van der Waals surface area contributed by atoms with E-state index in [1.54, 1.807) is 6.07 Å². The van der Waals surface area contributed by atoms with E-state index in [4.69, 9.17) is 5.11 Å². The minimum absolute atomic E-state index is 0.374. The molecule has 0 amide bonds. The van der Waals surface area contributed by atoms with Crippen LogP contribution >= 0.6 is 0 Å². The van der Waals surface area contributed by atoms with E-state index in [1.807, 2.05) is 30.5 Å². The molecule has 0 bridgehead atoms. The van der Waals surface area contributed by atoms with E-state index >= 15 is 0 Å². The van der Waals surface area contributed by atoms with Crippen molar-refractivity contribution < 1.29 is 9.90 Å². The van der Waals surface area contributed by atoms with Gasteiger partial charge in [-0.2, -0.15) is 0 Å². The van der Waals surface area contributed by atoms with Crippen molar-refractivity contribution in [2.45, 2.75) is 6.54 Å². The van der Waals surface area contributed by atoms with Gasteiger partial charge in [-0.1, -0.05) is 18.2 Å². The number of nitrogens with zero attached hydrogens (tertiary/aromatic N) is 1. The smallest absolute Gasteiger partial charge is 0.336 e. The zero-order valence-electron chi connectivity index (χ0n) is 7.97. The lowest BCUT2D eigenvalue weighted by Crippen LogP contribution is -2.05. The molecule has 0 saturated carbocycles. The Kier molecular flexibility index (Phi) is 1.51. The molecule has 0 aliphatic carbocycles. The Labute approximate surface area is 86.3 Å². The van der Waals surface area contributed by atoms with Crippen LogP contribution in [0.25, 0.3) is 17.0 Å². The van der Waals surface area contributed by atoms with E-state index in [0.717, 1.165) is 23.0 Å². The third-order valence-electron chi connectivity index (χ3n) is 2.79. The molecule has 0 spiro atoms. The Morgan fingerprint density at radius 3 is 3.00 bits per heavy atom. The van der Waals surface area contributed by atoms with Crippen molar-refractivity contribution in [2.75, 3.05) is 0 Å². The first kappa shape index (κ1) is 8.29. The molecule has 74 valence electrons. The van der Waals surface area contributed by atoms with Crippen LogP contribution < -0.4 is 0 Å². The fourth-order valence-electron chi connectivity index (χ4n) is 2.12. The van der Waals surface area contributed by atoms with Crippen molar-refractivity contribution >= 4 is 22.9 Å². The highest BCUT2D eigenvalue weighted by Gasteiger charge is 2.15. The minimum Gasteiger partial charge on any atom is -0.478 e. The van der Waals surface area contributed by atoms with E-state index in [2.05, 4.69) is 4.57 Å². The highest BCUT2D eigenvalue weighted by molar-refractivity contribution is 6.01. The zero-order chi connectivity index (χ0) is 10.4. The van der Waals surface area contributed by atoms with E-state index in [-0.39, 0.29) is 0 Å². The number of benzene rings is 1. The summed E-state index contributed by atoms with van der Waals surface area (Å²) in [6, 6.07) is 5.54. The first-order valence-corrected chi connectivity index (χ1v) is 4.79. The van der Waals surface area contributed by atoms with Gasteiger partial charge in [-0.25, -0.2) is 4.79 Å². The molecule has 1 aliphatic heterocycles. The molecular weight excluding hydrogens is 190 g/mol. The van der Waals surface area contributed by atoms with Crippen LogP contribution in [0, 0.1) is 0 Å². The summed E-state index contributed by atoms with van der Waals surface area (Å²) in [5, 5.41) is 10.2. The van der Waals surface area contributed by atoms with Crippen LogP contribution in [-0.2, 0) is 6.54 Å². The van der Waals surface area contributed by atoms with Crippen LogP contribution in [0.5, 0.6) is 0 Å². The molecule has 1 aromatic heterocycles. The molecule has 2 heterocycles. The van der Waals surface area contributed by atoms with Crippen LogP contribution in [0.1, 0.15) is 15.9 Å². The van der Waals surface area contributed by atoms with Gasteiger partial charge in [0.2, 0.25) is 0 Å². The summed E-state index contributed by atoms with van der Waals surface area (Å²) in [6.45, 7) is 0.819. The van der Waals surface area contributed by atoms with Gasteiger partial charge in [0, 0.05) is 23.7 Å². The molecule has 15 heavy (non-hydrogen) atoms. The molecular formula is C12H9NO2. The predicted molar refractivity (Wildman–Crippen MR) is 57.9 cm³/mol. The third-order valence-corrected chi connectivity index (χ3v) is 2.79.